The van der Waals surface area contributed by atoms with E-state index >= 15 is 0 Å². The fourth-order valence-electron chi connectivity index (χ4n) is 6.34. The number of hydrogen-bond acceptors (Lipinski definition) is 9. The van der Waals surface area contributed by atoms with Crippen LogP contribution in [0.15, 0.2) is 36.0 Å². The van der Waals surface area contributed by atoms with Crippen LogP contribution in [-0.2, 0) is 33.4 Å². The largest absolute Gasteiger partial charge is 0.462 e. The highest BCUT2D eigenvalue weighted by molar-refractivity contribution is 6.01. The molecule has 2 saturated carbocycles. The van der Waals surface area contributed by atoms with Gasteiger partial charge in [-0.3, -0.25) is 14.4 Å². The van der Waals surface area contributed by atoms with Crippen molar-refractivity contribution in [2.45, 2.75) is 97.6 Å². The van der Waals surface area contributed by atoms with Crippen molar-refractivity contribution in [3.05, 3.63) is 36.0 Å². The Hall–Kier alpha value is -2.78. The lowest BCUT2D eigenvalue weighted by Crippen LogP contribution is -2.65. The predicted molar refractivity (Wildman–Crippen MR) is 142 cm³/mol. The first kappa shape index (κ1) is 30.8. The number of ether oxygens (including phenoxy) is 3. The molecule has 9 nitrogen and oxygen atoms in total. The molecule has 0 aromatic heterocycles. The van der Waals surface area contributed by atoms with Crippen molar-refractivity contribution < 1.29 is 43.6 Å². The second kappa shape index (κ2) is 11.0. The number of allylic oxidation sites excluding steroid dienone is 1. The maximum absolute atomic E-state index is 13.5. The molecule has 0 bridgehead atoms. The third kappa shape index (κ3) is 5.23. The number of cyclic esters (lactones) is 1. The monoisotopic (exact) mass is 546 g/mol. The standard InChI is InChI=1S/C30H42O9/c1-9-16(3)26(34)38-20-12-11-18(5)29(8)24(20)28(7,19(6)23(32)25(29)33)13-21(39-27(35)17(4)10-2)30(36)14-22(31)37-15-30/h10,16,20-21,24-25,33,36H,5-6,9,11-15H2,1-4,7-8H3/b17-10+/t16-,20+,21-,24-,25-,28-,29-,30+/m0/s1. The molecule has 1 saturated heterocycles. The fourth-order valence-corrected chi connectivity index (χ4v) is 6.34. The zero-order valence-electron chi connectivity index (χ0n) is 23.9. The van der Waals surface area contributed by atoms with E-state index in [-0.39, 0.29) is 17.9 Å². The van der Waals surface area contributed by atoms with Crippen LogP contribution in [0.4, 0.5) is 0 Å². The molecule has 0 amide bonds. The molecular weight excluding hydrogens is 504 g/mol. The summed E-state index contributed by atoms with van der Waals surface area (Å²) in [4.78, 5) is 51.4. The summed E-state index contributed by atoms with van der Waals surface area (Å²) in [5, 5.41) is 22.8. The third-order valence-corrected chi connectivity index (χ3v) is 9.43. The van der Waals surface area contributed by atoms with Gasteiger partial charge in [-0.1, -0.05) is 52.5 Å². The SMILES string of the molecule is C=C1CC[C@@H](OC(=O)[C@@H](C)CC)[C@@H]2[C@@]1(C)[C@@H](O)C(=O)C(=C)[C@]2(C)C[C@H](OC(=O)/C(C)=C/C)[C@]1(O)COC(=O)C1. The lowest BCUT2D eigenvalue weighted by atomic mass is 9.45. The summed E-state index contributed by atoms with van der Waals surface area (Å²) in [7, 11) is 0. The number of aliphatic hydroxyl groups excluding tert-OH is 1. The van der Waals surface area contributed by atoms with E-state index in [1.54, 1.807) is 40.7 Å². The number of carbonyl (C=O) groups is 4. The number of rotatable bonds is 8. The van der Waals surface area contributed by atoms with Crippen molar-refractivity contribution in [3.63, 3.8) is 0 Å². The summed E-state index contributed by atoms with van der Waals surface area (Å²) in [5.41, 5.74) is -3.28. The van der Waals surface area contributed by atoms with Crippen LogP contribution in [0.5, 0.6) is 0 Å². The fraction of sp³-hybridized carbons (Fsp3) is 0.667. The Bertz CT molecular complexity index is 1110. The van der Waals surface area contributed by atoms with Crippen LogP contribution < -0.4 is 0 Å². The second-order valence-electron chi connectivity index (χ2n) is 11.9. The van der Waals surface area contributed by atoms with Gasteiger partial charge in [0, 0.05) is 22.3 Å². The van der Waals surface area contributed by atoms with Gasteiger partial charge in [-0.25, -0.2) is 4.79 Å². The molecule has 9 heteroatoms. The van der Waals surface area contributed by atoms with Crippen LogP contribution in [0.25, 0.3) is 0 Å². The molecule has 0 aromatic rings. The molecule has 3 rings (SSSR count). The molecule has 2 N–H and O–H groups in total. The summed E-state index contributed by atoms with van der Waals surface area (Å²) >= 11 is 0. The molecule has 1 aliphatic heterocycles. The Balaban J connectivity index is 2.15. The minimum Gasteiger partial charge on any atom is -0.462 e. The van der Waals surface area contributed by atoms with Crippen molar-refractivity contribution in [2.24, 2.45) is 22.7 Å². The lowest BCUT2D eigenvalue weighted by molar-refractivity contribution is -0.188. The highest BCUT2D eigenvalue weighted by atomic mass is 16.6. The maximum atomic E-state index is 13.5. The van der Waals surface area contributed by atoms with Crippen molar-refractivity contribution >= 4 is 23.7 Å². The second-order valence-corrected chi connectivity index (χ2v) is 11.9. The van der Waals surface area contributed by atoms with Gasteiger partial charge in [0.05, 0.1) is 12.3 Å². The van der Waals surface area contributed by atoms with Crippen LogP contribution in [0.1, 0.15) is 73.6 Å². The molecule has 216 valence electrons. The number of ketones is 1. The maximum Gasteiger partial charge on any atom is 0.333 e. The van der Waals surface area contributed by atoms with Gasteiger partial charge in [-0.2, -0.15) is 0 Å². The van der Waals surface area contributed by atoms with Gasteiger partial charge >= 0.3 is 17.9 Å². The van der Waals surface area contributed by atoms with Gasteiger partial charge < -0.3 is 24.4 Å². The number of carbonyl (C=O) groups excluding carboxylic acids is 4. The average Bonchev–Trinajstić information content (AvgIpc) is 3.26. The van der Waals surface area contributed by atoms with Crippen LogP contribution >= 0.6 is 0 Å². The molecule has 2 aliphatic carbocycles. The molecule has 39 heavy (non-hydrogen) atoms. The number of esters is 3. The van der Waals surface area contributed by atoms with Crippen molar-refractivity contribution in [2.75, 3.05) is 6.61 Å². The van der Waals surface area contributed by atoms with Gasteiger partial charge in [0.2, 0.25) is 0 Å². The van der Waals surface area contributed by atoms with Gasteiger partial charge in [-0.15, -0.1) is 0 Å². The van der Waals surface area contributed by atoms with E-state index in [2.05, 4.69) is 13.2 Å². The van der Waals surface area contributed by atoms with Gasteiger partial charge in [0.15, 0.2) is 5.78 Å². The number of hydrogen-bond donors (Lipinski definition) is 2. The third-order valence-electron chi connectivity index (χ3n) is 9.43. The first-order valence-electron chi connectivity index (χ1n) is 13.6. The molecule has 1 heterocycles. The highest BCUT2D eigenvalue weighted by Gasteiger charge is 2.66. The summed E-state index contributed by atoms with van der Waals surface area (Å²) in [6.45, 7) is 18.2. The first-order valence-corrected chi connectivity index (χ1v) is 13.6. The average molecular weight is 547 g/mol. The van der Waals surface area contributed by atoms with Crippen molar-refractivity contribution in [1.29, 1.82) is 0 Å². The number of Topliss-reactive ketones (excluding diaryl/α,β-unsaturated/α-hetero) is 1. The molecule has 3 fully saturated rings. The van der Waals surface area contributed by atoms with E-state index in [9.17, 15) is 29.4 Å². The molecular formula is C30H42O9. The zero-order valence-corrected chi connectivity index (χ0v) is 23.9. The van der Waals surface area contributed by atoms with Crippen LogP contribution in [0.3, 0.4) is 0 Å². The molecule has 0 unspecified atom stereocenters. The first-order chi connectivity index (χ1) is 18.1. The summed E-state index contributed by atoms with van der Waals surface area (Å²) < 4.78 is 16.9. The van der Waals surface area contributed by atoms with E-state index in [4.69, 9.17) is 14.2 Å². The van der Waals surface area contributed by atoms with Gasteiger partial charge in [-0.05, 0) is 45.1 Å². The molecule has 0 spiro atoms. The Morgan fingerprint density at radius 3 is 2.44 bits per heavy atom. The molecule has 8 atom stereocenters. The Morgan fingerprint density at radius 2 is 1.90 bits per heavy atom. The van der Waals surface area contributed by atoms with E-state index in [1.165, 1.54) is 0 Å². The summed E-state index contributed by atoms with van der Waals surface area (Å²) in [6.07, 6.45) is -1.00. The van der Waals surface area contributed by atoms with Crippen molar-refractivity contribution in [1.82, 2.24) is 0 Å². The Morgan fingerprint density at radius 1 is 1.26 bits per heavy atom. The molecule has 0 radical (unpaired) electrons. The van der Waals surface area contributed by atoms with Crippen LogP contribution in [0.2, 0.25) is 0 Å². The Labute approximate surface area is 230 Å². The topological polar surface area (TPSA) is 136 Å². The van der Waals surface area contributed by atoms with Gasteiger partial charge in [0.25, 0.3) is 0 Å². The van der Waals surface area contributed by atoms with Crippen LogP contribution in [-0.4, -0.2) is 64.4 Å². The smallest absolute Gasteiger partial charge is 0.333 e. The van der Waals surface area contributed by atoms with Crippen molar-refractivity contribution in [3.8, 4) is 0 Å². The lowest BCUT2D eigenvalue weighted by Gasteiger charge is -2.60. The predicted octanol–water partition coefficient (Wildman–Crippen LogP) is 3.37. The van der Waals surface area contributed by atoms with E-state index < -0.39 is 77.4 Å². The summed E-state index contributed by atoms with van der Waals surface area (Å²) in [5.74, 6) is -3.36. The molecule has 3 aliphatic rings. The van der Waals surface area contributed by atoms with Gasteiger partial charge in [0.1, 0.15) is 30.5 Å². The normalized spacial score (nSPS) is 36.6. The quantitative estimate of drug-likeness (QED) is 0.203. The Kier molecular flexibility index (Phi) is 8.68. The van der Waals surface area contributed by atoms with E-state index in [0.29, 0.717) is 30.4 Å². The zero-order chi connectivity index (χ0) is 29.5. The van der Waals surface area contributed by atoms with Crippen LogP contribution in [0, 0.1) is 22.7 Å². The number of aliphatic hydroxyl groups is 2. The summed E-state index contributed by atoms with van der Waals surface area (Å²) in [6, 6.07) is 0. The van der Waals surface area contributed by atoms with E-state index in [0.717, 1.165) is 0 Å². The highest BCUT2D eigenvalue weighted by Crippen LogP contribution is 2.62. The molecule has 0 aromatic carbocycles. The number of fused-ring (bicyclic) bond motifs is 1. The minimum absolute atomic E-state index is 0.0643. The van der Waals surface area contributed by atoms with E-state index in [1.807, 2.05) is 6.92 Å². The minimum atomic E-state index is -1.85.